The van der Waals surface area contributed by atoms with Gasteiger partial charge in [-0.3, -0.25) is 4.68 Å². The van der Waals surface area contributed by atoms with Crippen molar-refractivity contribution in [1.82, 2.24) is 9.78 Å². The van der Waals surface area contributed by atoms with E-state index < -0.39 is 11.9 Å². The van der Waals surface area contributed by atoms with Gasteiger partial charge in [-0.15, -0.1) is 0 Å². The van der Waals surface area contributed by atoms with E-state index in [0.29, 0.717) is 0 Å². The predicted molar refractivity (Wildman–Crippen MR) is 41.5 cm³/mol. The molecule has 1 aromatic rings. The van der Waals surface area contributed by atoms with Crippen molar-refractivity contribution in [3.63, 3.8) is 0 Å². The van der Waals surface area contributed by atoms with Crippen molar-refractivity contribution in [2.24, 2.45) is 7.05 Å². The number of carboxylic acids is 1. The molecule has 0 aromatic carbocycles. The Hall–Kier alpha value is -1.85. The molecule has 0 radical (unpaired) electrons. The van der Waals surface area contributed by atoms with Gasteiger partial charge in [0.15, 0.2) is 5.69 Å². The van der Waals surface area contributed by atoms with Crippen LogP contribution in [0.4, 0.5) is 0 Å². The third-order valence-electron chi connectivity index (χ3n) is 1.55. The molecule has 0 saturated carbocycles. The van der Waals surface area contributed by atoms with E-state index in [1.165, 1.54) is 14.2 Å². The lowest BCUT2D eigenvalue weighted by atomic mass is 10.2. The maximum atomic E-state index is 11.1. The summed E-state index contributed by atoms with van der Waals surface area (Å²) >= 11 is 0. The number of esters is 1. The average molecular weight is 184 g/mol. The Bertz CT molecular complexity index is 355. The van der Waals surface area contributed by atoms with Gasteiger partial charge in [0.05, 0.1) is 13.3 Å². The minimum Gasteiger partial charge on any atom is -0.478 e. The number of nitrogens with zero attached hydrogens (tertiary/aromatic N) is 2. The summed E-state index contributed by atoms with van der Waals surface area (Å²) in [5.41, 5.74) is -0.218. The monoisotopic (exact) mass is 184 g/mol. The molecule has 1 aromatic heterocycles. The van der Waals surface area contributed by atoms with Crippen LogP contribution in [-0.4, -0.2) is 33.9 Å². The lowest BCUT2D eigenvalue weighted by Gasteiger charge is -1.99. The van der Waals surface area contributed by atoms with Crippen LogP contribution in [0.2, 0.25) is 0 Å². The van der Waals surface area contributed by atoms with Gasteiger partial charge in [-0.05, 0) is 0 Å². The molecule has 0 atom stereocenters. The van der Waals surface area contributed by atoms with E-state index in [0.717, 1.165) is 10.9 Å². The van der Waals surface area contributed by atoms with E-state index in [-0.39, 0.29) is 11.3 Å². The largest absolute Gasteiger partial charge is 0.478 e. The van der Waals surface area contributed by atoms with Gasteiger partial charge in [-0.1, -0.05) is 0 Å². The van der Waals surface area contributed by atoms with E-state index in [4.69, 9.17) is 5.11 Å². The number of aromatic nitrogens is 2. The van der Waals surface area contributed by atoms with Gasteiger partial charge in [-0.2, -0.15) is 5.10 Å². The first-order valence-corrected chi connectivity index (χ1v) is 3.41. The fourth-order valence-corrected chi connectivity index (χ4v) is 0.933. The first-order valence-electron chi connectivity index (χ1n) is 3.41. The summed E-state index contributed by atoms with van der Waals surface area (Å²) < 4.78 is 5.57. The molecule has 1 rings (SSSR count). The van der Waals surface area contributed by atoms with E-state index in [1.54, 1.807) is 0 Å². The summed E-state index contributed by atoms with van der Waals surface area (Å²) in [4.78, 5) is 21.7. The zero-order valence-corrected chi connectivity index (χ0v) is 7.14. The molecule has 1 N–H and O–H groups in total. The SMILES string of the molecule is COC(=O)c1c(C(=O)O)cnn1C. The van der Waals surface area contributed by atoms with Crippen molar-refractivity contribution >= 4 is 11.9 Å². The number of ether oxygens (including phenoxy) is 1. The first kappa shape index (κ1) is 9.24. The molecular weight excluding hydrogens is 176 g/mol. The van der Waals surface area contributed by atoms with Gasteiger partial charge < -0.3 is 9.84 Å². The van der Waals surface area contributed by atoms with Crippen LogP contribution in [0.15, 0.2) is 6.20 Å². The van der Waals surface area contributed by atoms with Crippen molar-refractivity contribution in [3.05, 3.63) is 17.5 Å². The number of methoxy groups -OCH3 is 1. The Morgan fingerprint density at radius 2 is 2.23 bits per heavy atom. The van der Waals surface area contributed by atoms with Gasteiger partial charge in [0.2, 0.25) is 0 Å². The second-order valence-corrected chi connectivity index (χ2v) is 2.33. The number of carbonyl (C=O) groups is 2. The van der Waals surface area contributed by atoms with Crippen LogP contribution in [0.25, 0.3) is 0 Å². The molecule has 13 heavy (non-hydrogen) atoms. The number of rotatable bonds is 2. The van der Waals surface area contributed by atoms with E-state index in [2.05, 4.69) is 9.84 Å². The Kier molecular flexibility index (Phi) is 2.32. The zero-order chi connectivity index (χ0) is 10.0. The van der Waals surface area contributed by atoms with E-state index >= 15 is 0 Å². The Labute approximate surface area is 73.7 Å². The highest BCUT2D eigenvalue weighted by molar-refractivity contribution is 6.00. The molecule has 0 bridgehead atoms. The lowest BCUT2D eigenvalue weighted by molar-refractivity contribution is 0.0571. The summed E-state index contributed by atoms with van der Waals surface area (Å²) in [6.45, 7) is 0. The van der Waals surface area contributed by atoms with Crippen LogP contribution < -0.4 is 0 Å². The standard InChI is InChI=1S/C7H8N2O4/c1-9-5(7(12)13-2)4(3-8-9)6(10)11/h3H,1-2H3,(H,10,11). The normalized spacial score (nSPS) is 9.69. The van der Waals surface area contributed by atoms with Crippen molar-refractivity contribution in [1.29, 1.82) is 0 Å². The molecule has 0 amide bonds. The molecule has 0 aliphatic rings. The summed E-state index contributed by atoms with van der Waals surface area (Å²) in [6.07, 6.45) is 1.11. The van der Waals surface area contributed by atoms with Crippen LogP contribution in [0.1, 0.15) is 20.8 Å². The smallest absolute Gasteiger partial charge is 0.357 e. The highest BCUT2D eigenvalue weighted by Crippen LogP contribution is 2.08. The lowest BCUT2D eigenvalue weighted by Crippen LogP contribution is -2.13. The highest BCUT2D eigenvalue weighted by Gasteiger charge is 2.21. The molecule has 6 heteroatoms. The van der Waals surface area contributed by atoms with Crippen molar-refractivity contribution in [3.8, 4) is 0 Å². The van der Waals surface area contributed by atoms with E-state index in [1.807, 2.05) is 0 Å². The third kappa shape index (κ3) is 1.51. The van der Waals surface area contributed by atoms with Crippen molar-refractivity contribution < 1.29 is 19.4 Å². The van der Waals surface area contributed by atoms with Gasteiger partial charge in [0, 0.05) is 7.05 Å². The van der Waals surface area contributed by atoms with Crippen LogP contribution in [-0.2, 0) is 11.8 Å². The van der Waals surface area contributed by atoms with Gasteiger partial charge in [0.1, 0.15) is 5.56 Å². The van der Waals surface area contributed by atoms with E-state index in [9.17, 15) is 9.59 Å². The van der Waals surface area contributed by atoms with Gasteiger partial charge >= 0.3 is 11.9 Å². The summed E-state index contributed by atoms with van der Waals surface area (Å²) in [5.74, 6) is -1.91. The maximum Gasteiger partial charge on any atom is 0.357 e. The zero-order valence-electron chi connectivity index (χ0n) is 7.14. The first-order chi connectivity index (χ1) is 6.07. The molecular formula is C7H8N2O4. The van der Waals surface area contributed by atoms with Crippen LogP contribution >= 0.6 is 0 Å². The van der Waals surface area contributed by atoms with Crippen LogP contribution in [0.3, 0.4) is 0 Å². The van der Waals surface area contributed by atoms with Gasteiger partial charge in [0.25, 0.3) is 0 Å². The molecule has 0 aliphatic heterocycles. The highest BCUT2D eigenvalue weighted by atomic mass is 16.5. The minimum atomic E-state index is -1.20. The topological polar surface area (TPSA) is 81.4 Å². The molecule has 6 nitrogen and oxygen atoms in total. The third-order valence-corrected chi connectivity index (χ3v) is 1.55. The molecule has 0 aliphatic carbocycles. The maximum absolute atomic E-state index is 11.1. The Balaban J connectivity index is 3.24. The molecule has 0 unspecified atom stereocenters. The predicted octanol–water partition coefficient (Wildman–Crippen LogP) is -0.0951. The quantitative estimate of drug-likeness (QED) is 0.649. The van der Waals surface area contributed by atoms with Gasteiger partial charge in [-0.25, -0.2) is 9.59 Å². The summed E-state index contributed by atoms with van der Waals surface area (Å²) in [7, 11) is 2.65. The fraction of sp³-hybridized carbons (Fsp3) is 0.286. The van der Waals surface area contributed by atoms with Crippen LogP contribution in [0, 0.1) is 0 Å². The molecule has 0 saturated heterocycles. The molecule has 0 fully saturated rings. The average Bonchev–Trinajstić information content (AvgIpc) is 2.46. The van der Waals surface area contributed by atoms with Crippen LogP contribution in [0.5, 0.6) is 0 Å². The summed E-state index contributed by atoms with van der Waals surface area (Å²) in [6, 6.07) is 0. The fourth-order valence-electron chi connectivity index (χ4n) is 0.933. The second kappa shape index (κ2) is 3.26. The number of aryl methyl sites for hydroxylation is 1. The van der Waals surface area contributed by atoms with Crippen molar-refractivity contribution in [2.45, 2.75) is 0 Å². The number of hydrogen-bond donors (Lipinski definition) is 1. The van der Waals surface area contributed by atoms with Crippen molar-refractivity contribution in [2.75, 3.05) is 7.11 Å². The Morgan fingerprint density at radius 1 is 1.62 bits per heavy atom. The molecule has 0 spiro atoms. The Morgan fingerprint density at radius 3 is 2.69 bits per heavy atom. The molecule has 70 valence electrons. The number of aromatic carboxylic acids is 1. The number of carbonyl (C=O) groups excluding carboxylic acids is 1. The molecule has 1 heterocycles. The number of hydrogen-bond acceptors (Lipinski definition) is 4. The second-order valence-electron chi connectivity index (χ2n) is 2.33. The minimum absolute atomic E-state index is 0.0602. The summed E-state index contributed by atoms with van der Waals surface area (Å²) in [5, 5.41) is 12.3. The number of carboxylic acid groups (broad SMARTS) is 1.